The van der Waals surface area contributed by atoms with Crippen molar-refractivity contribution in [1.82, 2.24) is 4.90 Å². The second-order valence-corrected chi connectivity index (χ2v) is 9.33. The molecule has 1 spiro atoms. The Morgan fingerprint density at radius 3 is 2.33 bits per heavy atom. The van der Waals surface area contributed by atoms with Crippen molar-refractivity contribution in [3.63, 3.8) is 0 Å². The normalized spacial score (nSPS) is 17.1. The Hall–Kier alpha value is -2.98. The Morgan fingerprint density at radius 1 is 0.939 bits per heavy atom. The molecule has 0 bridgehead atoms. The molecule has 4 heteroatoms. The van der Waals surface area contributed by atoms with Crippen molar-refractivity contribution in [3.8, 4) is 5.75 Å². The van der Waals surface area contributed by atoms with Crippen LogP contribution in [0.4, 0.5) is 4.39 Å². The van der Waals surface area contributed by atoms with E-state index in [-0.39, 0.29) is 18.4 Å². The summed E-state index contributed by atoms with van der Waals surface area (Å²) in [6.45, 7) is 4.66. The average molecular weight is 448 g/mol. The maximum atomic E-state index is 13.8. The number of hydrogen-bond donors (Lipinski definition) is 0. The molecular weight excluding hydrogens is 413 g/mol. The van der Waals surface area contributed by atoms with E-state index in [4.69, 9.17) is 4.74 Å². The van der Waals surface area contributed by atoms with Gasteiger partial charge in [-0.2, -0.15) is 0 Å². The first kappa shape index (κ1) is 23.2. The van der Waals surface area contributed by atoms with Gasteiger partial charge in [-0.1, -0.05) is 60.2 Å². The predicted molar refractivity (Wildman–Crippen MR) is 132 cm³/mol. The fourth-order valence-electron chi connectivity index (χ4n) is 4.92. The molecule has 3 aromatic carbocycles. The van der Waals surface area contributed by atoms with E-state index >= 15 is 0 Å². The minimum absolute atomic E-state index is 0. The third kappa shape index (κ3) is 5.69. The Kier molecular flexibility index (Phi) is 7.24. The van der Waals surface area contributed by atoms with Crippen LogP contribution in [0.2, 0.25) is 0 Å². The molecule has 1 heterocycles. The van der Waals surface area contributed by atoms with Gasteiger partial charge in [0, 0.05) is 38.6 Å². The SMILES string of the molecule is COc1ccc(C)cc1.O=C1CCC2(CCc3ccccc31)CN(Cc1ccccc1F)C2.[HH]. The number of likely N-dealkylation sites (tertiary alicyclic amines) is 1. The minimum atomic E-state index is -0.125. The molecule has 0 radical (unpaired) electrons. The lowest BCUT2D eigenvalue weighted by Gasteiger charge is -2.51. The highest BCUT2D eigenvalue weighted by Gasteiger charge is 2.43. The van der Waals surface area contributed by atoms with E-state index in [1.165, 1.54) is 17.2 Å². The molecule has 0 N–H and O–H groups in total. The van der Waals surface area contributed by atoms with Crippen LogP contribution >= 0.6 is 0 Å². The average Bonchev–Trinajstić information content (AvgIpc) is 2.81. The Labute approximate surface area is 197 Å². The third-order valence-electron chi connectivity index (χ3n) is 6.85. The molecular formula is C29H34FNO2. The standard InChI is InChI=1S/C21H22FNO.C8H10O.H2/c22-19-8-4-2-6-17(19)13-23-14-21(15-23)11-9-16-5-1-3-7-18(16)20(24)10-12-21;1-7-3-5-8(9-2)6-4-7;/h1-8H,9-15H2;3-6H,1-2H3;1H. The summed E-state index contributed by atoms with van der Waals surface area (Å²) in [6, 6.07) is 23.0. The number of fused-ring (bicyclic) bond motifs is 1. The summed E-state index contributed by atoms with van der Waals surface area (Å²) in [4.78, 5) is 14.7. The van der Waals surface area contributed by atoms with Crippen molar-refractivity contribution >= 4 is 5.78 Å². The van der Waals surface area contributed by atoms with Gasteiger partial charge in [-0.05, 0) is 55.4 Å². The smallest absolute Gasteiger partial charge is 0.163 e. The molecule has 0 amide bonds. The van der Waals surface area contributed by atoms with Crippen molar-refractivity contribution in [1.29, 1.82) is 0 Å². The fourth-order valence-corrected chi connectivity index (χ4v) is 4.92. The lowest BCUT2D eigenvalue weighted by Crippen LogP contribution is -2.56. The van der Waals surface area contributed by atoms with Crippen molar-refractivity contribution in [2.45, 2.75) is 39.2 Å². The number of aryl methyl sites for hydroxylation is 2. The van der Waals surface area contributed by atoms with Gasteiger partial charge < -0.3 is 4.74 Å². The maximum absolute atomic E-state index is 13.8. The zero-order chi connectivity index (χ0) is 23.3. The first-order valence-electron chi connectivity index (χ1n) is 11.7. The number of nitrogens with zero attached hydrogens (tertiary/aromatic N) is 1. The van der Waals surface area contributed by atoms with E-state index in [0.29, 0.717) is 13.0 Å². The van der Waals surface area contributed by atoms with Gasteiger partial charge in [-0.3, -0.25) is 9.69 Å². The topological polar surface area (TPSA) is 29.5 Å². The molecule has 0 atom stereocenters. The maximum Gasteiger partial charge on any atom is 0.163 e. The number of ketones is 1. The summed E-state index contributed by atoms with van der Waals surface area (Å²) in [5.41, 5.74) is 4.36. The number of ether oxygens (including phenoxy) is 1. The van der Waals surface area contributed by atoms with Crippen molar-refractivity contribution in [2.75, 3.05) is 20.2 Å². The van der Waals surface area contributed by atoms with E-state index in [0.717, 1.165) is 49.2 Å². The van der Waals surface area contributed by atoms with E-state index in [1.54, 1.807) is 13.2 Å². The minimum Gasteiger partial charge on any atom is -0.497 e. The fraction of sp³-hybridized carbons (Fsp3) is 0.345. The zero-order valence-corrected chi connectivity index (χ0v) is 19.5. The quantitative estimate of drug-likeness (QED) is 0.460. The van der Waals surface area contributed by atoms with E-state index in [9.17, 15) is 9.18 Å². The van der Waals surface area contributed by atoms with Gasteiger partial charge in [0.2, 0.25) is 0 Å². The molecule has 2 aliphatic rings. The number of carbonyl (C=O) groups is 1. The van der Waals surface area contributed by atoms with Crippen molar-refractivity contribution in [3.05, 3.63) is 101 Å². The summed E-state index contributed by atoms with van der Waals surface area (Å²) in [6.07, 6.45) is 3.67. The van der Waals surface area contributed by atoms with Gasteiger partial charge in [0.25, 0.3) is 0 Å². The summed E-state index contributed by atoms with van der Waals surface area (Å²) in [5, 5.41) is 0. The molecule has 0 saturated carbocycles. The van der Waals surface area contributed by atoms with Crippen LogP contribution in [-0.2, 0) is 13.0 Å². The predicted octanol–water partition coefficient (Wildman–Crippen LogP) is 6.49. The number of carbonyl (C=O) groups excluding carboxylic acids is 1. The summed E-state index contributed by atoms with van der Waals surface area (Å²) >= 11 is 0. The largest absolute Gasteiger partial charge is 0.497 e. The Morgan fingerprint density at radius 2 is 1.61 bits per heavy atom. The molecule has 1 aliphatic heterocycles. The number of halogens is 1. The second kappa shape index (κ2) is 10.3. The highest BCUT2D eigenvalue weighted by molar-refractivity contribution is 5.97. The van der Waals surface area contributed by atoms with E-state index in [1.807, 2.05) is 54.6 Å². The summed E-state index contributed by atoms with van der Waals surface area (Å²) < 4.78 is 18.8. The molecule has 1 aliphatic carbocycles. The molecule has 174 valence electrons. The lowest BCUT2D eigenvalue weighted by molar-refractivity contribution is -0.0207. The monoisotopic (exact) mass is 447 g/mol. The second-order valence-electron chi connectivity index (χ2n) is 9.33. The first-order chi connectivity index (χ1) is 16.0. The Bertz CT molecular complexity index is 1090. The molecule has 1 saturated heterocycles. The number of benzene rings is 3. The first-order valence-corrected chi connectivity index (χ1v) is 11.7. The number of methoxy groups -OCH3 is 1. The molecule has 0 aromatic heterocycles. The van der Waals surface area contributed by atoms with Crippen molar-refractivity contribution in [2.24, 2.45) is 5.41 Å². The van der Waals surface area contributed by atoms with Gasteiger partial charge in [-0.15, -0.1) is 0 Å². The van der Waals surface area contributed by atoms with Crippen LogP contribution < -0.4 is 4.74 Å². The van der Waals surface area contributed by atoms with Crippen LogP contribution in [0.15, 0.2) is 72.8 Å². The van der Waals surface area contributed by atoms with Gasteiger partial charge >= 0.3 is 0 Å². The lowest BCUT2D eigenvalue weighted by atomic mass is 9.69. The number of Topliss-reactive ketones (excluding diaryl/α,β-unsaturated/α-hetero) is 1. The van der Waals surface area contributed by atoms with Gasteiger partial charge in [-0.25, -0.2) is 4.39 Å². The summed E-state index contributed by atoms with van der Waals surface area (Å²) in [5.74, 6) is 1.07. The van der Waals surface area contributed by atoms with Crippen molar-refractivity contribution < 1.29 is 15.3 Å². The Balaban J connectivity index is 0.000000275. The third-order valence-corrected chi connectivity index (χ3v) is 6.85. The van der Waals surface area contributed by atoms with Crippen LogP contribution in [0.25, 0.3) is 0 Å². The zero-order valence-electron chi connectivity index (χ0n) is 19.5. The van der Waals surface area contributed by atoms with Gasteiger partial charge in [0.15, 0.2) is 5.78 Å². The van der Waals surface area contributed by atoms with Crippen LogP contribution in [0.1, 0.15) is 47.7 Å². The molecule has 0 unspecified atom stereocenters. The molecule has 3 nitrogen and oxygen atoms in total. The summed E-state index contributed by atoms with van der Waals surface area (Å²) in [7, 11) is 1.67. The van der Waals surface area contributed by atoms with Gasteiger partial charge in [0.1, 0.15) is 11.6 Å². The van der Waals surface area contributed by atoms with Crippen LogP contribution in [0.3, 0.4) is 0 Å². The van der Waals surface area contributed by atoms with E-state index < -0.39 is 0 Å². The van der Waals surface area contributed by atoms with Crippen LogP contribution in [-0.4, -0.2) is 30.9 Å². The molecule has 1 fully saturated rings. The van der Waals surface area contributed by atoms with E-state index in [2.05, 4.69) is 17.9 Å². The van der Waals surface area contributed by atoms with Gasteiger partial charge in [0.05, 0.1) is 7.11 Å². The highest BCUT2D eigenvalue weighted by Crippen LogP contribution is 2.42. The number of hydrogen-bond acceptors (Lipinski definition) is 3. The molecule has 33 heavy (non-hydrogen) atoms. The molecule has 3 aromatic rings. The number of rotatable bonds is 3. The van der Waals surface area contributed by atoms with Crippen LogP contribution in [0.5, 0.6) is 5.75 Å². The molecule has 5 rings (SSSR count). The van der Waals surface area contributed by atoms with Crippen LogP contribution in [0, 0.1) is 18.2 Å². The highest BCUT2D eigenvalue weighted by atomic mass is 19.1.